The van der Waals surface area contributed by atoms with Crippen LogP contribution in [0.2, 0.25) is 0 Å². The van der Waals surface area contributed by atoms with Gasteiger partial charge in [-0.1, -0.05) is 26.3 Å². The van der Waals surface area contributed by atoms with Crippen molar-refractivity contribution in [1.82, 2.24) is 4.31 Å². The Balaban J connectivity index is 2.02. The molecule has 0 radical (unpaired) electrons. The molecule has 6 nitrogen and oxygen atoms in total. The molecule has 2 rings (SSSR count). The van der Waals surface area contributed by atoms with Crippen molar-refractivity contribution in [2.45, 2.75) is 50.8 Å². The predicted octanol–water partition coefficient (Wildman–Crippen LogP) is 1.50. The number of hydrogen-bond donors (Lipinski definition) is 2. The average molecular weight is 383 g/mol. The summed E-state index contributed by atoms with van der Waals surface area (Å²) in [4.78, 5) is 13.9. The van der Waals surface area contributed by atoms with Crippen molar-refractivity contribution in [1.29, 1.82) is 0 Å². The van der Waals surface area contributed by atoms with Gasteiger partial charge in [0.05, 0.1) is 18.0 Å². The lowest BCUT2D eigenvalue weighted by atomic mass is 10.1. The molecule has 7 heteroatoms. The van der Waals surface area contributed by atoms with Crippen molar-refractivity contribution < 1.29 is 18.1 Å². The van der Waals surface area contributed by atoms with Gasteiger partial charge < -0.3 is 10.2 Å². The van der Waals surface area contributed by atoms with Crippen molar-refractivity contribution in [3.63, 3.8) is 0 Å². The van der Waals surface area contributed by atoms with Crippen LogP contribution >= 0.6 is 0 Å². The molecule has 0 saturated carbocycles. The Hall–Kier alpha value is -1.44. The summed E-state index contributed by atoms with van der Waals surface area (Å²) in [5.74, 6) is -0.0574. The van der Waals surface area contributed by atoms with Crippen LogP contribution in [-0.4, -0.2) is 51.4 Å². The fourth-order valence-electron chi connectivity index (χ4n) is 3.46. The zero-order chi connectivity index (χ0) is 19.0. The van der Waals surface area contributed by atoms with Crippen molar-refractivity contribution in [2.24, 2.45) is 0 Å². The Bertz CT molecular complexity index is 679. The first-order valence-corrected chi connectivity index (χ1v) is 11.1. The molecule has 0 aromatic heterocycles. The Morgan fingerprint density at radius 1 is 1.08 bits per heavy atom. The number of anilines is 1. The van der Waals surface area contributed by atoms with E-state index in [1.165, 1.54) is 41.3 Å². The number of rotatable bonds is 7. The first kappa shape index (κ1) is 20.9. The summed E-state index contributed by atoms with van der Waals surface area (Å²) in [7, 11) is -3.52. The number of amides is 1. The molecule has 2 N–H and O–H groups in total. The molecule has 1 aliphatic heterocycles. The fraction of sp³-hybridized carbons (Fsp3) is 0.632. The number of sulfonamides is 1. The minimum Gasteiger partial charge on any atom is -0.327 e. The SMILES string of the molecule is CCN(CC)S(=O)(=O)c1cccc(NC(=O)C[NH+]2CCCCCCC2)c1. The summed E-state index contributed by atoms with van der Waals surface area (Å²) >= 11 is 0. The molecule has 1 saturated heterocycles. The van der Waals surface area contributed by atoms with E-state index in [0.717, 1.165) is 13.1 Å². The van der Waals surface area contributed by atoms with Gasteiger partial charge in [0.1, 0.15) is 0 Å². The van der Waals surface area contributed by atoms with E-state index in [1.807, 2.05) is 13.8 Å². The molecular formula is C19H32N3O3S+. The van der Waals surface area contributed by atoms with Gasteiger partial charge in [0, 0.05) is 18.8 Å². The highest BCUT2D eigenvalue weighted by molar-refractivity contribution is 7.89. The van der Waals surface area contributed by atoms with Crippen molar-refractivity contribution >= 4 is 21.6 Å². The lowest BCUT2D eigenvalue weighted by Crippen LogP contribution is -3.13. The van der Waals surface area contributed by atoms with Gasteiger partial charge in [0.25, 0.3) is 5.91 Å². The summed E-state index contributed by atoms with van der Waals surface area (Å²) in [6, 6.07) is 6.54. The smallest absolute Gasteiger partial charge is 0.279 e. The number of benzene rings is 1. The number of nitrogens with zero attached hydrogens (tertiary/aromatic N) is 1. The molecular weight excluding hydrogens is 350 g/mol. The molecule has 1 amide bonds. The molecule has 146 valence electrons. The second-order valence-corrected chi connectivity index (χ2v) is 8.80. The van der Waals surface area contributed by atoms with Gasteiger partial charge in [-0.2, -0.15) is 4.31 Å². The standard InChI is InChI=1S/C19H31N3O3S/c1-3-22(4-2)26(24,25)18-12-10-11-17(15-18)20-19(23)16-21-13-8-6-5-7-9-14-21/h10-12,15H,3-9,13-14,16H2,1-2H3,(H,20,23)/p+1. The van der Waals surface area contributed by atoms with E-state index < -0.39 is 10.0 Å². The van der Waals surface area contributed by atoms with E-state index in [9.17, 15) is 13.2 Å². The molecule has 0 aliphatic carbocycles. The number of carbonyl (C=O) groups excluding carboxylic acids is 1. The molecule has 0 spiro atoms. The van der Waals surface area contributed by atoms with Crippen LogP contribution in [0, 0.1) is 0 Å². The van der Waals surface area contributed by atoms with E-state index in [1.54, 1.807) is 24.3 Å². The third-order valence-corrected chi connectivity index (χ3v) is 6.98. The van der Waals surface area contributed by atoms with Crippen LogP contribution in [-0.2, 0) is 14.8 Å². The van der Waals surface area contributed by atoms with Gasteiger partial charge in [0.15, 0.2) is 6.54 Å². The van der Waals surface area contributed by atoms with Crippen LogP contribution in [0.25, 0.3) is 0 Å². The van der Waals surface area contributed by atoms with Gasteiger partial charge in [-0.25, -0.2) is 8.42 Å². The highest BCUT2D eigenvalue weighted by Gasteiger charge is 2.22. The van der Waals surface area contributed by atoms with E-state index in [4.69, 9.17) is 0 Å². The van der Waals surface area contributed by atoms with Gasteiger partial charge in [0.2, 0.25) is 10.0 Å². The number of nitrogens with one attached hydrogen (secondary N) is 2. The van der Waals surface area contributed by atoms with Crippen LogP contribution in [0.3, 0.4) is 0 Å². The normalized spacial score (nSPS) is 16.9. The van der Waals surface area contributed by atoms with Crippen molar-refractivity contribution in [2.75, 3.05) is 38.0 Å². The summed E-state index contributed by atoms with van der Waals surface area (Å²) < 4.78 is 26.7. The Morgan fingerprint density at radius 3 is 2.31 bits per heavy atom. The Kier molecular flexibility index (Phi) is 8.06. The van der Waals surface area contributed by atoms with Gasteiger partial charge >= 0.3 is 0 Å². The monoisotopic (exact) mass is 382 g/mol. The highest BCUT2D eigenvalue weighted by atomic mass is 32.2. The largest absolute Gasteiger partial charge is 0.327 e. The second-order valence-electron chi connectivity index (χ2n) is 6.86. The molecule has 0 atom stereocenters. The van der Waals surface area contributed by atoms with Crippen LogP contribution in [0.4, 0.5) is 5.69 Å². The molecule has 1 aliphatic rings. The van der Waals surface area contributed by atoms with Gasteiger partial charge in [-0.15, -0.1) is 0 Å². The summed E-state index contributed by atoms with van der Waals surface area (Å²) in [6.45, 7) is 6.99. The second kappa shape index (κ2) is 10.0. The summed E-state index contributed by atoms with van der Waals surface area (Å²) in [6.07, 6.45) is 6.13. The zero-order valence-corrected chi connectivity index (χ0v) is 16.8. The third kappa shape index (κ3) is 5.79. The van der Waals surface area contributed by atoms with Crippen molar-refractivity contribution in [3.05, 3.63) is 24.3 Å². The maximum atomic E-state index is 12.6. The quantitative estimate of drug-likeness (QED) is 0.751. The minimum atomic E-state index is -3.52. The first-order valence-electron chi connectivity index (χ1n) is 9.71. The van der Waals surface area contributed by atoms with Crippen LogP contribution in [0.5, 0.6) is 0 Å². The number of carbonyl (C=O) groups is 1. The number of likely N-dealkylation sites (tertiary alicyclic amines) is 1. The van der Waals surface area contributed by atoms with E-state index >= 15 is 0 Å². The van der Waals surface area contributed by atoms with E-state index in [-0.39, 0.29) is 10.8 Å². The lowest BCUT2D eigenvalue weighted by molar-refractivity contribution is -0.892. The Morgan fingerprint density at radius 2 is 1.69 bits per heavy atom. The molecule has 0 bridgehead atoms. The minimum absolute atomic E-state index is 0.0574. The number of hydrogen-bond acceptors (Lipinski definition) is 3. The fourth-order valence-corrected chi connectivity index (χ4v) is 4.97. The third-order valence-electron chi connectivity index (χ3n) is 4.93. The molecule has 1 aromatic rings. The molecule has 1 fully saturated rings. The first-order chi connectivity index (χ1) is 12.5. The Labute approximate surface area is 157 Å². The van der Waals surface area contributed by atoms with Gasteiger partial charge in [-0.3, -0.25) is 4.79 Å². The average Bonchev–Trinajstić information content (AvgIpc) is 2.58. The maximum absolute atomic E-state index is 12.6. The maximum Gasteiger partial charge on any atom is 0.279 e. The molecule has 0 unspecified atom stereocenters. The van der Waals surface area contributed by atoms with Crippen LogP contribution in [0.1, 0.15) is 46.0 Å². The highest BCUT2D eigenvalue weighted by Crippen LogP contribution is 2.19. The van der Waals surface area contributed by atoms with Crippen LogP contribution < -0.4 is 10.2 Å². The molecule has 26 heavy (non-hydrogen) atoms. The topological polar surface area (TPSA) is 70.9 Å². The van der Waals surface area contributed by atoms with Gasteiger partial charge in [-0.05, 0) is 43.9 Å². The van der Waals surface area contributed by atoms with E-state index in [2.05, 4.69) is 5.32 Å². The lowest BCUT2D eigenvalue weighted by Gasteiger charge is -2.21. The van der Waals surface area contributed by atoms with E-state index in [0.29, 0.717) is 25.3 Å². The summed E-state index contributed by atoms with van der Waals surface area (Å²) in [5.41, 5.74) is 0.537. The predicted molar refractivity (Wildman–Crippen MR) is 104 cm³/mol. The number of quaternary nitrogens is 1. The van der Waals surface area contributed by atoms with Crippen molar-refractivity contribution in [3.8, 4) is 0 Å². The van der Waals surface area contributed by atoms with Crippen LogP contribution in [0.15, 0.2) is 29.2 Å². The molecule has 1 heterocycles. The molecule has 1 aromatic carbocycles. The zero-order valence-electron chi connectivity index (χ0n) is 16.0. The summed E-state index contributed by atoms with van der Waals surface area (Å²) in [5, 5.41) is 2.87.